The maximum atomic E-state index is 11.8. The second kappa shape index (κ2) is 6.01. The molecule has 3 N–H and O–H groups in total. The summed E-state index contributed by atoms with van der Waals surface area (Å²) in [6.07, 6.45) is 0. The number of rotatable bonds is 4. The summed E-state index contributed by atoms with van der Waals surface area (Å²) < 4.78 is 5.29. The van der Waals surface area contributed by atoms with Crippen LogP contribution >= 0.6 is 0 Å². The minimum absolute atomic E-state index is 0.0506. The molecule has 6 nitrogen and oxygen atoms in total. The van der Waals surface area contributed by atoms with E-state index in [2.05, 4.69) is 15.3 Å². The molecule has 20 heavy (non-hydrogen) atoms. The Morgan fingerprint density at radius 2 is 2.10 bits per heavy atom. The van der Waals surface area contributed by atoms with Gasteiger partial charge in [-0.1, -0.05) is 12.1 Å². The first-order chi connectivity index (χ1) is 9.65. The lowest BCUT2D eigenvalue weighted by molar-refractivity contribution is 0.0951. The Kier molecular flexibility index (Phi) is 4.14. The summed E-state index contributed by atoms with van der Waals surface area (Å²) in [7, 11) is 1.58. The van der Waals surface area contributed by atoms with Crippen LogP contribution in [0.1, 0.15) is 17.4 Å². The van der Waals surface area contributed by atoms with E-state index in [1.165, 1.54) is 0 Å². The highest BCUT2D eigenvalue weighted by molar-refractivity contribution is 5.93. The number of nitrogens with two attached hydrogens (primary N) is 1. The molecule has 104 valence electrons. The summed E-state index contributed by atoms with van der Waals surface area (Å²) in [6.45, 7) is 2.36. The number of carbonyl (C=O) groups excluding carboxylic acids is 1. The molecule has 0 unspecified atom stereocenters. The number of nitrogen functional groups attached to an aromatic ring is 1. The molecule has 1 aromatic heterocycles. The number of aromatic nitrogens is 2. The maximum absolute atomic E-state index is 11.8. The van der Waals surface area contributed by atoms with Crippen molar-refractivity contribution in [2.24, 2.45) is 0 Å². The van der Waals surface area contributed by atoms with Crippen LogP contribution in [0.2, 0.25) is 0 Å². The van der Waals surface area contributed by atoms with Gasteiger partial charge in [0.2, 0.25) is 5.95 Å². The molecule has 0 bridgehead atoms. The number of benzene rings is 1. The third-order valence-corrected chi connectivity index (χ3v) is 2.70. The molecule has 0 aliphatic heterocycles. The van der Waals surface area contributed by atoms with Gasteiger partial charge >= 0.3 is 0 Å². The number of nitrogens with zero attached hydrogens (tertiary/aromatic N) is 2. The summed E-state index contributed by atoms with van der Waals surface area (Å²) in [5, 5.41) is 2.68. The lowest BCUT2D eigenvalue weighted by Crippen LogP contribution is -2.24. The Labute approximate surface area is 117 Å². The van der Waals surface area contributed by atoms with Crippen LogP contribution in [0.5, 0.6) is 5.75 Å². The van der Waals surface area contributed by atoms with Crippen molar-refractivity contribution in [3.05, 3.63) is 36.0 Å². The zero-order valence-corrected chi connectivity index (χ0v) is 11.4. The third kappa shape index (κ3) is 2.85. The van der Waals surface area contributed by atoms with Crippen molar-refractivity contribution in [1.82, 2.24) is 15.3 Å². The van der Waals surface area contributed by atoms with Gasteiger partial charge in [0, 0.05) is 12.1 Å². The normalized spacial score (nSPS) is 10.1. The summed E-state index contributed by atoms with van der Waals surface area (Å²) in [5.41, 5.74) is 7.23. The van der Waals surface area contributed by atoms with Gasteiger partial charge in [0.25, 0.3) is 5.91 Å². The summed E-state index contributed by atoms with van der Waals surface area (Å²) in [4.78, 5) is 20.0. The average molecular weight is 272 g/mol. The van der Waals surface area contributed by atoms with E-state index < -0.39 is 0 Å². The Morgan fingerprint density at radius 1 is 1.35 bits per heavy atom. The SMILES string of the molecule is CCNC(=O)c1cc(-c2ccccc2OC)nc(N)n1. The standard InChI is InChI=1S/C14H16N4O2/c1-3-16-13(19)11-8-10(17-14(15)18-11)9-6-4-5-7-12(9)20-2/h4-8H,3H2,1-2H3,(H,16,19)(H2,15,17,18). The molecule has 1 amide bonds. The fourth-order valence-corrected chi connectivity index (χ4v) is 1.83. The topological polar surface area (TPSA) is 90.1 Å². The Hall–Kier alpha value is -2.63. The lowest BCUT2D eigenvalue weighted by Gasteiger charge is -2.09. The van der Waals surface area contributed by atoms with Gasteiger partial charge in [-0.3, -0.25) is 4.79 Å². The molecule has 0 aliphatic carbocycles. The summed E-state index contributed by atoms with van der Waals surface area (Å²) in [5.74, 6) is 0.430. The molecule has 0 saturated heterocycles. The van der Waals surface area contributed by atoms with Crippen LogP contribution in [0.3, 0.4) is 0 Å². The van der Waals surface area contributed by atoms with Gasteiger partial charge in [0.05, 0.1) is 12.8 Å². The number of amides is 1. The molecule has 1 aromatic carbocycles. The van der Waals surface area contributed by atoms with Gasteiger partial charge in [0.15, 0.2) is 0 Å². The number of nitrogens with one attached hydrogen (secondary N) is 1. The molecule has 1 heterocycles. The van der Waals surface area contributed by atoms with Crippen LogP contribution in [-0.4, -0.2) is 29.5 Å². The number of anilines is 1. The molecule has 6 heteroatoms. The van der Waals surface area contributed by atoms with Crippen LogP contribution in [0.15, 0.2) is 30.3 Å². The van der Waals surface area contributed by atoms with Gasteiger partial charge in [-0.15, -0.1) is 0 Å². The van der Waals surface area contributed by atoms with E-state index in [1.54, 1.807) is 13.2 Å². The smallest absolute Gasteiger partial charge is 0.270 e. The van der Waals surface area contributed by atoms with Crippen LogP contribution in [0, 0.1) is 0 Å². The largest absolute Gasteiger partial charge is 0.496 e. The molecular weight excluding hydrogens is 256 g/mol. The van der Waals surface area contributed by atoms with Crippen LogP contribution in [0.4, 0.5) is 5.95 Å². The van der Waals surface area contributed by atoms with Crippen molar-refractivity contribution in [2.45, 2.75) is 6.92 Å². The molecule has 0 aliphatic rings. The first kappa shape index (κ1) is 13.8. The van der Waals surface area contributed by atoms with E-state index in [0.717, 1.165) is 5.56 Å². The Balaban J connectivity index is 2.49. The molecule has 2 rings (SSSR count). The number of ether oxygens (including phenoxy) is 1. The van der Waals surface area contributed by atoms with E-state index in [-0.39, 0.29) is 17.5 Å². The Bertz CT molecular complexity index is 628. The fourth-order valence-electron chi connectivity index (χ4n) is 1.83. The third-order valence-electron chi connectivity index (χ3n) is 2.70. The highest BCUT2D eigenvalue weighted by Gasteiger charge is 2.13. The summed E-state index contributed by atoms with van der Waals surface area (Å²) >= 11 is 0. The average Bonchev–Trinajstić information content (AvgIpc) is 2.46. The van der Waals surface area contributed by atoms with Crippen LogP contribution in [-0.2, 0) is 0 Å². The molecular formula is C14H16N4O2. The van der Waals surface area contributed by atoms with Crippen molar-refractivity contribution in [3.63, 3.8) is 0 Å². The predicted octanol–water partition coefficient (Wildman–Crippen LogP) is 1.48. The van der Waals surface area contributed by atoms with Gasteiger partial charge in [-0.2, -0.15) is 0 Å². The number of methoxy groups -OCH3 is 1. The highest BCUT2D eigenvalue weighted by Crippen LogP contribution is 2.28. The van der Waals surface area contributed by atoms with E-state index in [1.807, 2.05) is 31.2 Å². The molecule has 0 fully saturated rings. The quantitative estimate of drug-likeness (QED) is 0.880. The molecule has 0 radical (unpaired) electrons. The number of hydrogen-bond donors (Lipinski definition) is 2. The van der Waals surface area contributed by atoms with Gasteiger partial charge in [-0.25, -0.2) is 9.97 Å². The van der Waals surface area contributed by atoms with E-state index in [9.17, 15) is 4.79 Å². The molecule has 0 atom stereocenters. The molecule has 0 saturated carbocycles. The second-order valence-electron chi connectivity index (χ2n) is 4.06. The Morgan fingerprint density at radius 3 is 2.80 bits per heavy atom. The molecule has 2 aromatic rings. The minimum atomic E-state index is -0.280. The van der Waals surface area contributed by atoms with Gasteiger partial charge < -0.3 is 15.8 Å². The number of para-hydroxylation sites is 1. The predicted molar refractivity (Wildman–Crippen MR) is 76.4 cm³/mol. The number of hydrogen-bond acceptors (Lipinski definition) is 5. The highest BCUT2D eigenvalue weighted by atomic mass is 16.5. The van der Waals surface area contributed by atoms with Gasteiger partial charge in [-0.05, 0) is 25.1 Å². The van der Waals surface area contributed by atoms with E-state index in [0.29, 0.717) is 18.0 Å². The van der Waals surface area contributed by atoms with Crippen molar-refractivity contribution >= 4 is 11.9 Å². The monoisotopic (exact) mass is 272 g/mol. The molecule has 0 spiro atoms. The van der Waals surface area contributed by atoms with E-state index in [4.69, 9.17) is 10.5 Å². The number of carbonyl (C=O) groups is 1. The van der Waals surface area contributed by atoms with Crippen LogP contribution < -0.4 is 15.8 Å². The van der Waals surface area contributed by atoms with Crippen molar-refractivity contribution in [3.8, 4) is 17.0 Å². The van der Waals surface area contributed by atoms with Crippen molar-refractivity contribution in [2.75, 3.05) is 19.4 Å². The fraction of sp³-hybridized carbons (Fsp3) is 0.214. The van der Waals surface area contributed by atoms with Crippen molar-refractivity contribution in [1.29, 1.82) is 0 Å². The van der Waals surface area contributed by atoms with E-state index >= 15 is 0 Å². The van der Waals surface area contributed by atoms with Gasteiger partial charge in [0.1, 0.15) is 11.4 Å². The first-order valence-electron chi connectivity index (χ1n) is 6.21. The summed E-state index contributed by atoms with van der Waals surface area (Å²) in [6, 6.07) is 8.99. The lowest BCUT2D eigenvalue weighted by atomic mass is 10.1. The van der Waals surface area contributed by atoms with Crippen molar-refractivity contribution < 1.29 is 9.53 Å². The maximum Gasteiger partial charge on any atom is 0.270 e. The zero-order valence-electron chi connectivity index (χ0n) is 11.4. The minimum Gasteiger partial charge on any atom is -0.496 e. The zero-order chi connectivity index (χ0) is 14.5. The van der Waals surface area contributed by atoms with Crippen LogP contribution in [0.25, 0.3) is 11.3 Å². The second-order valence-corrected chi connectivity index (χ2v) is 4.06. The first-order valence-corrected chi connectivity index (χ1v) is 6.21.